The topological polar surface area (TPSA) is 29.5 Å². The third-order valence-electron chi connectivity index (χ3n) is 4.19. The van der Waals surface area contributed by atoms with Gasteiger partial charge in [-0.2, -0.15) is 0 Å². The molecule has 0 spiro atoms. The number of hydrogen-bond acceptors (Lipinski definition) is 2. The van der Waals surface area contributed by atoms with Gasteiger partial charge in [0.05, 0.1) is 11.7 Å². The Bertz CT molecular complexity index is 407. The van der Waals surface area contributed by atoms with E-state index in [0.29, 0.717) is 5.41 Å². The molecule has 2 nitrogen and oxygen atoms in total. The molecular weight excluding hydrogens is 236 g/mol. The van der Waals surface area contributed by atoms with Crippen LogP contribution in [0.5, 0.6) is 5.75 Å². The third-order valence-corrected chi connectivity index (χ3v) is 4.19. The van der Waals surface area contributed by atoms with Gasteiger partial charge in [-0.1, -0.05) is 26.0 Å². The highest BCUT2D eigenvalue weighted by Gasteiger charge is 2.37. The lowest BCUT2D eigenvalue weighted by Gasteiger charge is -2.40. The van der Waals surface area contributed by atoms with Crippen LogP contribution in [0.2, 0.25) is 0 Å². The van der Waals surface area contributed by atoms with Crippen LogP contribution in [-0.2, 0) is 5.60 Å². The van der Waals surface area contributed by atoms with Crippen LogP contribution in [0.15, 0.2) is 24.3 Å². The molecule has 0 unspecified atom stereocenters. The van der Waals surface area contributed by atoms with Crippen molar-refractivity contribution in [3.05, 3.63) is 29.8 Å². The van der Waals surface area contributed by atoms with Gasteiger partial charge in [-0.3, -0.25) is 0 Å². The highest BCUT2D eigenvalue weighted by atomic mass is 16.5. The van der Waals surface area contributed by atoms with Crippen LogP contribution in [-0.4, -0.2) is 11.2 Å². The van der Waals surface area contributed by atoms with Gasteiger partial charge in [0.25, 0.3) is 0 Å². The van der Waals surface area contributed by atoms with Crippen molar-refractivity contribution in [1.82, 2.24) is 0 Å². The molecule has 19 heavy (non-hydrogen) atoms. The zero-order chi connectivity index (χ0) is 14.1. The second-order valence-corrected chi connectivity index (χ2v) is 6.89. The Labute approximate surface area is 116 Å². The van der Waals surface area contributed by atoms with E-state index in [1.165, 1.54) is 0 Å². The molecule has 1 N–H and O–H groups in total. The van der Waals surface area contributed by atoms with Gasteiger partial charge in [0.1, 0.15) is 5.75 Å². The Morgan fingerprint density at radius 2 is 1.53 bits per heavy atom. The molecule has 1 aliphatic rings. The van der Waals surface area contributed by atoms with E-state index in [-0.39, 0.29) is 6.10 Å². The van der Waals surface area contributed by atoms with E-state index in [4.69, 9.17) is 4.74 Å². The monoisotopic (exact) mass is 262 g/mol. The van der Waals surface area contributed by atoms with Gasteiger partial charge in [-0.25, -0.2) is 0 Å². The fraction of sp³-hybridized carbons (Fsp3) is 0.647. The number of aliphatic hydroxyl groups is 1. The van der Waals surface area contributed by atoms with E-state index in [1.54, 1.807) is 0 Å². The Kier molecular flexibility index (Phi) is 3.91. The van der Waals surface area contributed by atoms with Gasteiger partial charge in [0.15, 0.2) is 0 Å². The molecular formula is C17H26O2. The SMILES string of the molecule is CC(C)Oc1ccc(C2(O)CCC(C)(C)CC2)cc1. The number of rotatable bonds is 3. The first-order valence-electron chi connectivity index (χ1n) is 7.30. The fourth-order valence-corrected chi connectivity index (χ4v) is 2.74. The van der Waals surface area contributed by atoms with Crippen molar-refractivity contribution in [2.45, 2.75) is 65.1 Å². The summed E-state index contributed by atoms with van der Waals surface area (Å²) in [6.07, 6.45) is 4.04. The van der Waals surface area contributed by atoms with Crippen molar-refractivity contribution in [3.8, 4) is 5.75 Å². The van der Waals surface area contributed by atoms with E-state index in [2.05, 4.69) is 13.8 Å². The van der Waals surface area contributed by atoms with Gasteiger partial charge in [-0.05, 0) is 62.6 Å². The van der Waals surface area contributed by atoms with E-state index >= 15 is 0 Å². The first kappa shape index (κ1) is 14.4. The van der Waals surface area contributed by atoms with Gasteiger partial charge in [0.2, 0.25) is 0 Å². The van der Waals surface area contributed by atoms with Crippen molar-refractivity contribution in [2.75, 3.05) is 0 Å². The van der Waals surface area contributed by atoms with Gasteiger partial charge >= 0.3 is 0 Å². The third kappa shape index (κ3) is 3.50. The molecule has 1 saturated carbocycles. The molecule has 1 fully saturated rings. The quantitative estimate of drug-likeness (QED) is 0.882. The van der Waals surface area contributed by atoms with Crippen molar-refractivity contribution >= 4 is 0 Å². The molecule has 1 aromatic carbocycles. The minimum atomic E-state index is -0.647. The lowest BCUT2D eigenvalue weighted by Crippen LogP contribution is -2.34. The maximum atomic E-state index is 10.8. The molecule has 106 valence electrons. The van der Waals surface area contributed by atoms with Crippen LogP contribution in [0.25, 0.3) is 0 Å². The molecule has 2 rings (SSSR count). The normalized spacial score (nSPS) is 21.4. The average molecular weight is 262 g/mol. The summed E-state index contributed by atoms with van der Waals surface area (Å²) in [7, 11) is 0. The first-order valence-corrected chi connectivity index (χ1v) is 7.30. The first-order chi connectivity index (χ1) is 8.81. The molecule has 0 aliphatic heterocycles. The van der Waals surface area contributed by atoms with Gasteiger partial charge in [-0.15, -0.1) is 0 Å². The summed E-state index contributed by atoms with van der Waals surface area (Å²) in [5, 5.41) is 10.8. The minimum absolute atomic E-state index is 0.185. The average Bonchev–Trinajstić information content (AvgIpc) is 2.34. The predicted molar refractivity (Wildman–Crippen MR) is 78.4 cm³/mol. The van der Waals surface area contributed by atoms with E-state index < -0.39 is 5.60 Å². The number of ether oxygens (including phenoxy) is 1. The lowest BCUT2D eigenvalue weighted by atomic mass is 9.69. The second-order valence-electron chi connectivity index (χ2n) is 6.89. The van der Waals surface area contributed by atoms with Crippen LogP contribution in [0.3, 0.4) is 0 Å². The highest BCUT2D eigenvalue weighted by Crippen LogP contribution is 2.45. The molecule has 0 amide bonds. The molecule has 2 heteroatoms. The maximum absolute atomic E-state index is 10.8. The summed E-state index contributed by atoms with van der Waals surface area (Å²) in [5.41, 5.74) is 0.748. The minimum Gasteiger partial charge on any atom is -0.491 e. The molecule has 1 aromatic rings. The van der Waals surface area contributed by atoms with Crippen LogP contribution in [0.1, 0.15) is 58.9 Å². The largest absolute Gasteiger partial charge is 0.491 e. The Balaban J connectivity index is 2.09. The van der Waals surface area contributed by atoms with Crippen molar-refractivity contribution < 1.29 is 9.84 Å². The standard InChI is InChI=1S/C17H26O2/c1-13(2)19-15-7-5-14(6-8-15)17(18)11-9-16(3,4)10-12-17/h5-8,13,18H,9-12H2,1-4H3. The summed E-state index contributed by atoms with van der Waals surface area (Å²) < 4.78 is 5.64. The smallest absolute Gasteiger partial charge is 0.119 e. The summed E-state index contributed by atoms with van der Waals surface area (Å²) in [5.74, 6) is 0.874. The van der Waals surface area contributed by atoms with E-state index in [0.717, 1.165) is 37.0 Å². The van der Waals surface area contributed by atoms with Gasteiger partial charge in [0, 0.05) is 0 Å². The number of hydrogen-bond donors (Lipinski definition) is 1. The predicted octanol–water partition coefficient (Wildman–Crippen LogP) is 4.26. The highest BCUT2D eigenvalue weighted by molar-refractivity contribution is 5.31. The summed E-state index contributed by atoms with van der Waals surface area (Å²) in [6, 6.07) is 7.95. The summed E-state index contributed by atoms with van der Waals surface area (Å²) in [6.45, 7) is 8.60. The lowest BCUT2D eigenvalue weighted by molar-refractivity contribution is -0.0305. The molecule has 0 heterocycles. The molecule has 0 bridgehead atoms. The van der Waals surface area contributed by atoms with Crippen LogP contribution < -0.4 is 4.74 Å². The summed E-state index contributed by atoms with van der Waals surface area (Å²) >= 11 is 0. The molecule has 0 radical (unpaired) electrons. The zero-order valence-corrected chi connectivity index (χ0v) is 12.6. The maximum Gasteiger partial charge on any atom is 0.119 e. The number of benzene rings is 1. The van der Waals surface area contributed by atoms with Crippen molar-refractivity contribution in [1.29, 1.82) is 0 Å². The molecule has 1 aliphatic carbocycles. The summed E-state index contributed by atoms with van der Waals surface area (Å²) in [4.78, 5) is 0. The Morgan fingerprint density at radius 1 is 1.00 bits per heavy atom. The molecule has 0 aromatic heterocycles. The zero-order valence-electron chi connectivity index (χ0n) is 12.6. The van der Waals surface area contributed by atoms with Crippen LogP contribution in [0.4, 0.5) is 0 Å². The van der Waals surface area contributed by atoms with E-state index in [1.807, 2.05) is 38.1 Å². The van der Waals surface area contributed by atoms with Gasteiger partial charge < -0.3 is 9.84 Å². The fourth-order valence-electron chi connectivity index (χ4n) is 2.74. The second kappa shape index (κ2) is 5.16. The van der Waals surface area contributed by atoms with Crippen molar-refractivity contribution in [3.63, 3.8) is 0 Å². The Morgan fingerprint density at radius 3 is 2.00 bits per heavy atom. The molecule has 0 atom stereocenters. The van der Waals surface area contributed by atoms with Crippen LogP contribution in [0, 0.1) is 5.41 Å². The molecule has 0 saturated heterocycles. The Hall–Kier alpha value is -1.02. The van der Waals surface area contributed by atoms with E-state index in [9.17, 15) is 5.11 Å². The van der Waals surface area contributed by atoms with Crippen LogP contribution >= 0.6 is 0 Å². The van der Waals surface area contributed by atoms with Crippen molar-refractivity contribution in [2.24, 2.45) is 5.41 Å².